The minimum absolute atomic E-state index is 0.0165. The second-order valence-corrected chi connectivity index (χ2v) is 8.44. The first kappa shape index (κ1) is 20.8. The van der Waals surface area contributed by atoms with Gasteiger partial charge in [-0.05, 0) is 18.2 Å². The minimum Gasteiger partial charge on any atom is -0.473 e. The Balaban J connectivity index is 1.28. The van der Waals surface area contributed by atoms with Gasteiger partial charge in [-0.2, -0.15) is 0 Å². The van der Waals surface area contributed by atoms with E-state index in [-0.39, 0.29) is 23.6 Å². The molecule has 0 radical (unpaired) electrons. The predicted octanol–water partition coefficient (Wildman–Crippen LogP) is 3.16. The highest BCUT2D eigenvalue weighted by atomic mass is 19.1. The van der Waals surface area contributed by atoms with Gasteiger partial charge in [0.25, 0.3) is 0 Å². The molecule has 0 saturated carbocycles. The van der Waals surface area contributed by atoms with E-state index >= 15 is 0 Å². The van der Waals surface area contributed by atoms with Crippen molar-refractivity contribution in [3.8, 4) is 11.6 Å². The van der Waals surface area contributed by atoms with Gasteiger partial charge in [-0.3, -0.25) is 4.57 Å². The van der Waals surface area contributed by atoms with Crippen molar-refractivity contribution in [1.29, 1.82) is 0 Å². The Morgan fingerprint density at radius 3 is 2.41 bits per heavy atom. The van der Waals surface area contributed by atoms with Crippen LogP contribution in [0, 0.1) is 29.3 Å². The average Bonchev–Trinajstić information content (AvgIpc) is 3.24. The molecule has 6 rings (SSSR count). The summed E-state index contributed by atoms with van der Waals surface area (Å²) in [5.74, 6) is -0.932. The van der Waals surface area contributed by atoms with Crippen LogP contribution in [0.2, 0.25) is 0 Å². The number of hydrogen-bond acceptors (Lipinski definition) is 7. The summed E-state index contributed by atoms with van der Waals surface area (Å²) in [4.78, 5) is 18.9. The fourth-order valence-electron chi connectivity index (χ4n) is 4.75. The van der Waals surface area contributed by atoms with Gasteiger partial charge in [0.1, 0.15) is 24.1 Å². The molecule has 34 heavy (non-hydrogen) atoms. The molecule has 2 aliphatic heterocycles. The highest BCUT2D eigenvalue weighted by Crippen LogP contribution is 2.34. The number of nitrogens with zero attached hydrogens (tertiary/aromatic N) is 6. The van der Waals surface area contributed by atoms with Crippen LogP contribution in [0.3, 0.4) is 0 Å². The Kier molecular flexibility index (Phi) is 5.05. The van der Waals surface area contributed by atoms with Crippen LogP contribution in [-0.4, -0.2) is 56.9 Å². The molecule has 3 aromatic heterocycles. The molecule has 1 aromatic carbocycles. The van der Waals surface area contributed by atoms with Crippen LogP contribution in [0.4, 0.5) is 19.1 Å². The maximum Gasteiger partial charge on any atom is 0.226 e. The van der Waals surface area contributed by atoms with E-state index in [1.807, 2.05) is 4.90 Å². The Morgan fingerprint density at radius 2 is 1.68 bits per heavy atom. The molecule has 2 unspecified atom stereocenters. The number of rotatable bonds is 4. The van der Waals surface area contributed by atoms with Gasteiger partial charge in [0.2, 0.25) is 11.8 Å². The lowest BCUT2D eigenvalue weighted by molar-refractivity contribution is -0.0764. The van der Waals surface area contributed by atoms with E-state index in [1.54, 1.807) is 12.3 Å². The average molecular weight is 468 g/mol. The maximum absolute atomic E-state index is 14.4. The van der Waals surface area contributed by atoms with E-state index < -0.39 is 17.5 Å². The third-order valence-electron chi connectivity index (χ3n) is 6.25. The fourth-order valence-corrected chi connectivity index (χ4v) is 4.75. The number of piperidine rings is 1. The number of halogens is 3. The Bertz CT molecular complexity index is 1330. The van der Waals surface area contributed by atoms with Crippen LogP contribution >= 0.6 is 0 Å². The van der Waals surface area contributed by atoms with Crippen LogP contribution in [0.15, 0.2) is 49.2 Å². The molecule has 5 heterocycles. The summed E-state index contributed by atoms with van der Waals surface area (Å²) in [5, 5.41) is 0.620. The third kappa shape index (κ3) is 3.61. The van der Waals surface area contributed by atoms with Crippen LogP contribution < -0.4 is 9.64 Å². The van der Waals surface area contributed by atoms with Gasteiger partial charge in [0, 0.05) is 37.2 Å². The summed E-state index contributed by atoms with van der Waals surface area (Å²) >= 11 is 0. The summed E-state index contributed by atoms with van der Waals surface area (Å²) in [6, 6.07) is 5.14. The van der Waals surface area contributed by atoms with Gasteiger partial charge < -0.3 is 14.4 Å². The number of aromatic nitrogens is 5. The van der Waals surface area contributed by atoms with Crippen molar-refractivity contribution < 1.29 is 22.6 Å². The van der Waals surface area contributed by atoms with Crippen LogP contribution in [0.25, 0.3) is 16.7 Å². The fraction of sp³-hybridized carbons (Fsp3) is 0.304. The zero-order valence-electron chi connectivity index (χ0n) is 17.8. The van der Waals surface area contributed by atoms with Gasteiger partial charge in [0.15, 0.2) is 11.5 Å². The van der Waals surface area contributed by atoms with E-state index in [1.165, 1.54) is 23.0 Å². The number of anilines is 1. The molecule has 174 valence electrons. The smallest absolute Gasteiger partial charge is 0.226 e. The SMILES string of the molecule is Fc1cnc(N2CC3COCC(C2)C3Oc2ncnc3c2ccn3-c2ccc(F)cc2F)nc1. The topological polar surface area (TPSA) is 78.2 Å². The van der Waals surface area contributed by atoms with Gasteiger partial charge in [-0.25, -0.2) is 33.1 Å². The summed E-state index contributed by atoms with van der Waals surface area (Å²) in [6.45, 7) is 2.16. The standard InChI is InChI=1S/C23H19F3N6O2/c24-15-1-2-19(18(26)5-15)32-4-3-17-21(32)29-12-30-22(17)34-20-13-8-31(9-14(20)11-33-10-13)23-27-6-16(25)7-28-23/h1-7,12-14,20H,8-11H2. The summed E-state index contributed by atoms with van der Waals surface area (Å²) < 4.78 is 54.7. The third-order valence-corrected chi connectivity index (χ3v) is 6.25. The van der Waals surface area contributed by atoms with Crippen LogP contribution in [0.1, 0.15) is 0 Å². The molecule has 2 saturated heterocycles. The van der Waals surface area contributed by atoms with E-state index in [9.17, 15) is 13.2 Å². The molecule has 11 heteroatoms. The zero-order chi connectivity index (χ0) is 23.2. The Hall–Kier alpha value is -3.73. The van der Waals surface area contributed by atoms with Crippen molar-refractivity contribution in [2.75, 3.05) is 31.2 Å². The molecule has 0 aliphatic carbocycles. The molecule has 2 aliphatic rings. The summed E-state index contributed by atoms with van der Waals surface area (Å²) in [7, 11) is 0. The molecule has 4 aromatic rings. The summed E-state index contributed by atoms with van der Waals surface area (Å²) in [6.07, 6.45) is 5.16. The molecule has 2 fully saturated rings. The molecule has 0 amide bonds. The first-order valence-electron chi connectivity index (χ1n) is 10.8. The number of fused-ring (bicyclic) bond motifs is 3. The van der Waals surface area contributed by atoms with Crippen molar-refractivity contribution in [3.05, 3.63) is 66.6 Å². The van der Waals surface area contributed by atoms with Gasteiger partial charge in [0.05, 0.1) is 36.7 Å². The molecular weight excluding hydrogens is 449 g/mol. The number of hydrogen-bond donors (Lipinski definition) is 0. The number of benzene rings is 1. The molecule has 0 N–H and O–H groups in total. The van der Waals surface area contributed by atoms with Crippen molar-refractivity contribution in [3.63, 3.8) is 0 Å². The number of ether oxygens (including phenoxy) is 2. The zero-order valence-corrected chi connectivity index (χ0v) is 17.8. The molecular formula is C23H19F3N6O2. The molecule has 8 nitrogen and oxygen atoms in total. The highest BCUT2D eigenvalue weighted by Gasteiger charge is 2.43. The molecule has 2 atom stereocenters. The lowest BCUT2D eigenvalue weighted by Crippen LogP contribution is -2.58. The van der Waals surface area contributed by atoms with Crippen molar-refractivity contribution >= 4 is 17.0 Å². The highest BCUT2D eigenvalue weighted by molar-refractivity contribution is 5.82. The van der Waals surface area contributed by atoms with Crippen molar-refractivity contribution in [2.24, 2.45) is 11.8 Å². The Labute approximate surface area is 192 Å². The lowest BCUT2D eigenvalue weighted by Gasteiger charge is -2.46. The largest absolute Gasteiger partial charge is 0.473 e. The van der Waals surface area contributed by atoms with E-state index in [0.717, 1.165) is 18.5 Å². The second kappa shape index (κ2) is 8.24. The van der Waals surface area contributed by atoms with Crippen LogP contribution in [-0.2, 0) is 4.74 Å². The van der Waals surface area contributed by atoms with Crippen molar-refractivity contribution in [2.45, 2.75) is 6.10 Å². The normalized spacial score (nSPS) is 22.2. The Morgan fingerprint density at radius 1 is 0.912 bits per heavy atom. The quantitative estimate of drug-likeness (QED) is 0.455. The van der Waals surface area contributed by atoms with Gasteiger partial charge in [-0.1, -0.05) is 0 Å². The molecule has 2 bridgehead atoms. The van der Waals surface area contributed by atoms with Gasteiger partial charge >= 0.3 is 0 Å². The maximum atomic E-state index is 14.4. The van der Waals surface area contributed by atoms with Gasteiger partial charge in [-0.15, -0.1) is 0 Å². The van der Waals surface area contributed by atoms with E-state index in [4.69, 9.17) is 9.47 Å². The monoisotopic (exact) mass is 468 g/mol. The van der Waals surface area contributed by atoms with E-state index in [0.29, 0.717) is 49.2 Å². The van der Waals surface area contributed by atoms with Crippen molar-refractivity contribution in [1.82, 2.24) is 24.5 Å². The first-order chi connectivity index (χ1) is 16.6. The predicted molar refractivity (Wildman–Crippen MR) is 115 cm³/mol. The molecule has 0 spiro atoms. The van der Waals surface area contributed by atoms with Crippen LogP contribution in [0.5, 0.6) is 5.88 Å². The summed E-state index contributed by atoms with van der Waals surface area (Å²) in [5.41, 5.74) is 0.632. The van der Waals surface area contributed by atoms with E-state index in [2.05, 4.69) is 19.9 Å². The first-order valence-corrected chi connectivity index (χ1v) is 10.8. The second-order valence-electron chi connectivity index (χ2n) is 8.44. The lowest BCUT2D eigenvalue weighted by atomic mass is 9.84. The minimum atomic E-state index is -0.694.